The Hall–Kier alpha value is -1.71. The van der Waals surface area contributed by atoms with Crippen LogP contribution in [0, 0.1) is 16.0 Å². The highest BCUT2D eigenvalue weighted by Crippen LogP contribution is 2.31. The van der Waals surface area contributed by atoms with Gasteiger partial charge in [0, 0.05) is 31.7 Å². The van der Waals surface area contributed by atoms with Crippen molar-refractivity contribution in [2.75, 3.05) is 38.0 Å². The van der Waals surface area contributed by atoms with Crippen molar-refractivity contribution in [2.45, 2.75) is 51.5 Å². The van der Waals surface area contributed by atoms with E-state index < -0.39 is 14.9 Å². The van der Waals surface area contributed by atoms with Gasteiger partial charge in [-0.1, -0.05) is 20.8 Å². The van der Waals surface area contributed by atoms with Gasteiger partial charge in [-0.05, 0) is 50.9 Å². The Kier molecular flexibility index (Phi) is 7.79. The smallest absolute Gasteiger partial charge is 0.293 e. The zero-order valence-corrected chi connectivity index (χ0v) is 18.0. The van der Waals surface area contributed by atoms with E-state index in [4.69, 9.17) is 0 Å². The Balaban J connectivity index is 2.23. The number of nitrogens with zero attached hydrogens (tertiary/aromatic N) is 3. The summed E-state index contributed by atoms with van der Waals surface area (Å²) in [4.78, 5) is 13.3. The Bertz CT molecular complexity index is 772. The summed E-state index contributed by atoms with van der Waals surface area (Å²) < 4.78 is 27.2. The minimum Gasteiger partial charge on any atom is -0.376 e. The highest BCUT2D eigenvalue weighted by Gasteiger charge is 2.30. The summed E-state index contributed by atoms with van der Waals surface area (Å²) in [6.07, 6.45) is 1.62. The SMILES string of the molecule is CCN(CC)CC(C)Nc1ccc(S(=O)(=O)N2CCC(C)CC2)cc1[N+](=O)[O-]. The molecule has 0 spiro atoms. The van der Waals surface area contributed by atoms with Gasteiger partial charge in [0.2, 0.25) is 10.0 Å². The molecule has 8 nitrogen and oxygen atoms in total. The van der Waals surface area contributed by atoms with E-state index >= 15 is 0 Å². The van der Waals surface area contributed by atoms with E-state index in [0.717, 1.165) is 32.5 Å². The van der Waals surface area contributed by atoms with E-state index in [2.05, 4.69) is 31.0 Å². The summed E-state index contributed by atoms with van der Waals surface area (Å²) in [5.41, 5.74) is 0.133. The number of nitrogens with one attached hydrogen (secondary N) is 1. The van der Waals surface area contributed by atoms with Crippen LogP contribution in [0.15, 0.2) is 23.1 Å². The van der Waals surface area contributed by atoms with Crippen LogP contribution in [0.2, 0.25) is 0 Å². The van der Waals surface area contributed by atoms with Crippen molar-refractivity contribution in [3.05, 3.63) is 28.3 Å². The average molecular weight is 413 g/mol. The fourth-order valence-corrected chi connectivity index (χ4v) is 4.99. The van der Waals surface area contributed by atoms with Gasteiger partial charge in [-0.2, -0.15) is 4.31 Å². The molecule has 9 heteroatoms. The largest absolute Gasteiger partial charge is 0.376 e. The van der Waals surface area contributed by atoms with Gasteiger partial charge in [0.05, 0.1) is 9.82 Å². The predicted octanol–water partition coefficient (Wildman–Crippen LogP) is 3.16. The van der Waals surface area contributed by atoms with Crippen molar-refractivity contribution in [1.29, 1.82) is 0 Å². The van der Waals surface area contributed by atoms with E-state index in [1.165, 1.54) is 22.5 Å². The summed E-state index contributed by atoms with van der Waals surface area (Å²) in [7, 11) is -3.72. The molecule has 1 aromatic carbocycles. The van der Waals surface area contributed by atoms with Crippen LogP contribution < -0.4 is 5.32 Å². The highest BCUT2D eigenvalue weighted by atomic mass is 32.2. The molecule has 1 fully saturated rings. The number of likely N-dealkylation sites (N-methyl/N-ethyl adjacent to an activating group) is 1. The van der Waals surface area contributed by atoms with Crippen LogP contribution in [0.1, 0.15) is 40.5 Å². The molecule has 1 aliphatic rings. The normalized spacial score (nSPS) is 17.6. The van der Waals surface area contributed by atoms with Gasteiger partial charge in [0.1, 0.15) is 5.69 Å². The summed E-state index contributed by atoms with van der Waals surface area (Å²) in [5, 5.41) is 14.7. The maximum Gasteiger partial charge on any atom is 0.293 e. The van der Waals surface area contributed by atoms with Crippen molar-refractivity contribution in [1.82, 2.24) is 9.21 Å². The van der Waals surface area contributed by atoms with Gasteiger partial charge in [0.15, 0.2) is 0 Å². The number of nitro benzene ring substituents is 1. The second-order valence-electron chi connectivity index (χ2n) is 7.55. The highest BCUT2D eigenvalue weighted by molar-refractivity contribution is 7.89. The second kappa shape index (κ2) is 9.67. The number of hydrogen-bond acceptors (Lipinski definition) is 6. The molecule has 0 saturated carbocycles. The second-order valence-corrected chi connectivity index (χ2v) is 9.49. The molecule has 1 saturated heterocycles. The number of hydrogen-bond donors (Lipinski definition) is 1. The molecule has 1 aliphatic heterocycles. The molecule has 1 unspecified atom stereocenters. The zero-order chi connectivity index (χ0) is 20.9. The van der Waals surface area contributed by atoms with Crippen LogP contribution >= 0.6 is 0 Å². The molecule has 2 rings (SSSR count). The van der Waals surface area contributed by atoms with Crippen molar-refractivity contribution in [3.8, 4) is 0 Å². The van der Waals surface area contributed by atoms with E-state index in [1.54, 1.807) is 0 Å². The minimum absolute atomic E-state index is 0.00959. The maximum absolute atomic E-state index is 12.9. The third-order valence-electron chi connectivity index (χ3n) is 5.37. The average Bonchev–Trinajstić information content (AvgIpc) is 2.66. The molecule has 28 heavy (non-hydrogen) atoms. The van der Waals surface area contributed by atoms with E-state index in [9.17, 15) is 18.5 Å². The van der Waals surface area contributed by atoms with Crippen molar-refractivity contribution >= 4 is 21.4 Å². The number of benzene rings is 1. The fourth-order valence-electron chi connectivity index (χ4n) is 3.50. The topological polar surface area (TPSA) is 95.8 Å². The molecular formula is C19H32N4O4S. The molecule has 0 bridgehead atoms. The van der Waals surface area contributed by atoms with Gasteiger partial charge in [0.25, 0.3) is 5.69 Å². The van der Waals surface area contributed by atoms with E-state index in [1.807, 2.05) is 6.92 Å². The molecule has 0 aliphatic carbocycles. The Labute approximate surface area is 168 Å². The maximum atomic E-state index is 12.9. The first-order valence-corrected chi connectivity index (χ1v) is 11.4. The van der Waals surface area contributed by atoms with Crippen molar-refractivity contribution < 1.29 is 13.3 Å². The quantitative estimate of drug-likeness (QED) is 0.494. The summed E-state index contributed by atoms with van der Waals surface area (Å²) in [5.74, 6) is 0.500. The first-order valence-electron chi connectivity index (χ1n) is 9.96. The van der Waals surface area contributed by atoms with Crippen LogP contribution in [-0.2, 0) is 10.0 Å². The monoisotopic (exact) mass is 412 g/mol. The van der Waals surface area contributed by atoms with E-state index in [-0.39, 0.29) is 16.6 Å². The first kappa shape index (κ1) is 22.6. The lowest BCUT2D eigenvalue weighted by Crippen LogP contribution is -2.38. The van der Waals surface area contributed by atoms with Crippen LogP contribution in [-0.4, -0.2) is 61.3 Å². The Morgan fingerprint density at radius 3 is 2.43 bits per heavy atom. The van der Waals surface area contributed by atoms with Gasteiger partial charge >= 0.3 is 0 Å². The van der Waals surface area contributed by atoms with Crippen molar-refractivity contribution in [2.24, 2.45) is 5.92 Å². The van der Waals surface area contributed by atoms with Crippen LogP contribution in [0.25, 0.3) is 0 Å². The Morgan fingerprint density at radius 1 is 1.29 bits per heavy atom. The molecule has 1 heterocycles. The first-order chi connectivity index (χ1) is 13.2. The fraction of sp³-hybridized carbons (Fsp3) is 0.684. The standard InChI is InChI=1S/C19H32N4O4S/c1-5-21(6-2)14-16(4)20-18-8-7-17(13-19(18)23(24)25)28(26,27)22-11-9-15(3)10-12-22/h7-8,13,15-16,20H,5-6,9-12,14H2,1-4H3. The number of sulfonamides is 1. The van der Waals surface area contributed by atoms with Crippen LogP contribution in [0.3, 0.4) is 0 Å². The summed E-state index contributed by atoms with van der Waals surface area (Å²) in [6, 6.07) is 4.15. The third-order valence-corrected chi connectivity index (χ3v) is 7.27. The number of piperidine rings is 1. The van der Waals surface area contributed by atoms with Crippen LogP contribution in [0.4, 0.5) is 11.4 Å². The summed E-state index contributed by atoms with van der Waals surface area (Å²) in [6.45, 7) is 11.7. The number of rotatable bonds is 9. The number of anilines is 1. The molecule has 0 radical (unpaired) electrons. The lowest BCUT2D eigenvalue weighted by Gasteiger charge is -2.29. The molecule has 1 atom stereocenters. The lowest BCUT2D eigenvalue weighted by atomic mass is 10.0. The molecule has 1 N–H and O–H groups in total. The number of nitro groups is 1. The summed E-state index contributed by atoms with van der Waals surface area (Å²) >= 11 is 0. The van der Waals surface area contributed by atoms with Gasteiger partial charge < -0.3 is 10.2 Å². The van der Waals surface area contributed by atoms with Gasteiger partial charge in [-0.15, -0.1) is 0 Å². The molecule has 0 aromatic heterocycles. The zero-order valence-electron chi connectivity index (χ0n) is 17.2. The molecule has 158 valence electrons. The van der Waals surface area contributed by atoms with E-state index in [0.29, 0.717) is 24.7 Å². The molecular weight excluding hydrogens is 380 g/mol. The third kappa shape index (κ3) is 5.42. The Morgan fingerprint density at radius 2 is 1.89 bits per heavy atom. The predicted molar refractivity (Wildman–Crippen MR) is 111 cm³/mol. The van der Waals surface area contributed by atoms with Gasteiger partial charge in [-0.25, -0.2) is 8.42 Å². The van der Waals surface area contributed by atoms with Gasteiger partial charge in [-0.3, -0.25) is 10.1 Å². The molecule has 0 amide bonds. The molecule has 1 aromatic rings. The minimum atomic E-state index is -3.72. The van der Waals surface area contributed by atoms with Crippen molar-refractivity contribution in [3.63, 3.8) is 0 Å². The lowest BCUT2D eigenvalue weighted by molar-refractivity contribution is -0.384. The van der Waals surface area contributed by atoms with Crippen LogP contribution in [0.5, 0.6) is 0 Å².